The van der Waals surface area contributed by atoms with Gasteiger partial charge in [-0.25, -0.2) is 8.78 Å². The van der Waals surface area contributed by atoms with E-state index in [0.717, 1.165) is 6.07 Å². The Bertz CT molecular complexity index is 387. The van der Waals surface area contributed by atoms with E-state index in [9.17, 15) is 19.0 Å². The van der Waals surface area contributed by atoms with E-state index in [1.54, 1.807) is 0 Å². The molecule has 2 N–H and O–H groups in total. The molecule has 0 saturated carbocycles. The van der Waals surface area contributed by atoms with Crippen molar-refractivity contribution >= 4 is 15.9 Å². The molecule has 0 fully saturated rings. The molecule has 0 spiro atoms. The van der Waals surface area contributed by atoms with E-state index in [2.05, 4.69) is 15.9 Å². The van der Waals surface area contributed by atoms with E-state index >= 15 is 0 Å². The highest BCUT2D eigenvalue weighted by atomic mass is 79.9. The van der Waals surface area contributed by atoms with Crippen LogP contribution >= 0.6 is 15.9 Å². The smallest absolute Gasteiger partial charge is 0.168 e. The normalized spacial score (nSPS) is 14.5. The number of methoxy groups -OCH3 is 1. The number of ether oxygens (including phenoxy) is 1. The Balaban J connectivity index is 3.11. The zero-order valence-corrected chi connectivity index (χ0v) is 10.7. The molecule has 1 rings (SSSR count). The topological polar surface area (TPSA) is 49.7 Å². The minimum absolute atomic E-state index is 0.0987. The summed E-state index contributed by atoms with van der Waals surface area (Å²) < 4.78 is 31.2. The second-order valence-electron chi connectivity index (χ2n) is 3.50. The van der Waals surface area contributed by atoms with Gasteiger partial charge in [-0.3, -0.25) is 0 Å². The van der Waals surface area contributed by atoms with Gasteiger partial charge in [0, 0.05) is 17.0 Å². The van der Waals surface area contributed by atoms with Gasteiger partial charge in [0.2, 0.25) is 0 Å². The average Bonchev–Trinajstić information content (AvgIpc) is 2.27. The van der Waals surface area contributed by atoms with Crippen molar-refractivity contribution in [1.82, 2.24) is 0 Å². The van der Waals surface area contributed by atoms with Gasteiger partial charge in [-0.15, -0.1) is 0 Å². The SMILES string of the molecule is COc1c(F)cc(F)cc1C(O)C(O)CCBr. The lowest BCUT2D eigenvalue weighted by atomic mass is 10.0. The van der Waals surface area contributed by atoms with Crippen LogP contribution in [-0.4, -0.2) is 28.8 Å². The number of hydrogen-bond acceptors (Lipinski definition) is 3. The molecule has 0 amide bonds. The van der Waals surface area contributed by atoms with E-state index in [4.69, 9.17) is 4.74 Å². The predicted octanol–water partition coefficient (Wildman–Crippen LogP) is 2.15. The van der Waals surface area contributed by atoms with Crippen LogP contribution in [0.3, 0.4) is 0 Å². The molecule has 1 aromatic carbocycles. The first-order valence-electron chi connectivity index (χ1n) is 4.96. The van der Waals surface area contributed by atoms with Gasteiger partial charge in [-0.1, -0.05) is 15.9 Å². The molecule has 3 nitrogen and oxygen atoms in total. The maximum atomic E-state index is 13.4. The lowest BCUT2D eigenvalue weighted by Crippen LogP contribution is -2.19. The van der Waals surface area contributed by atoms with E-state index < -0.39 is 23.8 Å². The molecule has 0 aliphatic heterocycles. The van der Waals surface area contributed by atoms with Gasteiger partial charge in [-0.05, 0) is 12.5 Å². The second-order valence-corrected chi connectivity index (χ2v) is 4.29. The van der Waals surface area contributed by atoms with Crippen molar-refractivity contribution < 1.29 is 23.7 Å². The minimum Gasteiger partial charge on any atom is -0.493 e. The summed E-state index contributed by atoms with van der Waals surface area (Å²) in [6.45, 7) is 0. The third-order valence-corrected chi connectivity index (χ3v) is 2.79. The number of hydrogen-bond donors (Lipinski definition) is 2. The molecule has 0 saturated heterocycles. The average molecular weight is 311 g/mol. The van der Waals surface area contributed by atoms with Crippen molar-refractivity contribution in [2.45, 2.75) is 18.6 Å². The van der Waals surface area contributed by atoms with Crippen LogP contribution in [0.1, 0.15) is 18.1 Å². The first-order chi connectivity index (χ1) is 8.01. The number of aliphatic hydroxyl groups is 2. The largest absolute Gasteiger partial charge is 0.493 e. The summed E-state index contributed by atoms with van der Waals surface area (Å²) in [6, 6.07) is 1.61. The number of benzene rings is 1. The maximum Gasteiger partial charge on any atom is 0.168 e. The van der Waals surface area contributed by atoms with Gasteiger partial charge in [-0.2, -0.15) is 0 Å². The van der Waals surface area contributed by atoms with Crippen LogP contribution in [0.5, 0.6) is 5.75 Å². The van der Waals surface area contributed by atoms with E-state index in [1.807, 2.05) is 0 Å². The molecule has 0 heterocycles. The number of alkyl halides is 1. The van der Waals surface area contributed by atoms with E-state index in [1.165, 1.54) is 7.11 Å². The highest BCUT2D eigenvalue weighted by Crippen LogP contribution is 2.31. The zero-order chi connectivity index (χ0) is 13.0. The number of halogens is 3. The van der Waals surface area contributed by atoms with Crippen molar-refractivity contribution in [3.8, 4) is 5.75 Å². The predicted molar refractivity (Wildman–Crippen MR) is 62.3 cm³/mol. The minimum atomic E-state index is -1.40. The first-order valence-corrected chi connectivity index (χ1v) is 6.08. The molecule has 0 aliphatic rings. The van der Waals surface area contributed by atoms with Gasteiger partial charge in [0.25, 0.3) is 0 Å². The fourth-order valence-corrected chi connectivity index (χ4v) is 1.96. The highest BCUT2D eigenvalue weighted by Gasteiger charge is 2.24. The molecule has 2 unspecified atom stereocenters. The molecule has 2 atom stereocenters. The lowest BCUT2D eigenvalue weighted by Gasteiger charge is -2.20. The van der Waals surface area contributed by atoms with Gasteiger partial charge >= 0.3 is 0 Å². The van der Waals surface area contributed by atoms with Crippen LogP contribution < -0.4 is 4.74 Å². The fourth-order valence-electron chi connectivity index (χ4n) is 1.49. The molecule has 96 valence electrons. The molecule has 0 aromatic heterocycles. The Hall–Kier alpha value is -0.720. The van der Waals surface area contributed by atoms with Gasteiger partial charge in [0.1, 0.15) is 11.9 Å². The Labute approximate surface area is 106 Å². The Morgan fingerprint density at radius 3 is 2.53 bits per heavy atom. The van der Waals surface area contributed by atoms with Crippen molar-refractivity contribution in [2.75, 3.05) is 12.4 Å². The maximum absolute atomic E-state index is 13.4. The lowest BCUT2D eigenvalue weighted by molar-refractivity contribution is 0.0155. The summed E-state index contributed by atoms with van der Waals surface area (Å²) in [7, 11) is 1.21. The third-order valence-electron chi connectivity index (χ3n) is 2.33. The summed E-state index contributed by atoms with van der Waals surface area (Å²) >= 11 is 3.10. The van der Waals surface area contributed by atoms with Crippen LogP contribution in [0.2, 0.25) is 0 Å². The summed E-state index contributed by atoms with van der Waals surface area (Å²) in [6.07, 6.45) is -2.26. The number of rotatable bonds is 5. The van der Waals surface area contributed by atoms with E-state index in [-0.39, 0.29) is 17.7 Å². The van der Waals surface area contributed by atoms with Crippen molar-refractivity contribution in [3.05, 3.63) is 29.3 Å². The van der Waals surface area contributed by atoms with Crippen LogP contribution in [0, 0.1) is 11.6 Å². The number of aliphatic hydroxyl groups excluding tert-OH is 2. The van der Waals surface area contributed by atoms with Crippen molar-refractivity contribution in [2.24, 2.45) is 0 Å². The monoisotopic (exact) mass is 310 g/mol. The first kappa shape index (κ1) is 14.3. The molecule has 6 heteroatoms. The summed E-state index contributed by atoms with van der Waals surface area (Å²) in [5, 5.41) is 19.9. The van der Waals surface area contributed by atoms with Crippen LogP contribution in [0.25, 0.3) is 0 Å². The van der Waals surface area contributed by atoms with Gasteiger partial charge in [0.15, 0.2) is 11.6 Å². The van der Waals surface area contributed by atoms with Gasteiger partial charge < -0.3 is 14.9 Å². The van der Waals surface area contributed by atoms with Crippen LogP contribution in [0.15, 0.2) is 12.1 Å². The quantitative estimate of drug-likeness (QED) is 0.819. The van der Waals surface area contributed by atoms with Crippen LogP contribution in [-0.2, 0) is 0 Å². The molecule has 0 aliphatic carbocycles. The molecular formula is C11H13BrF2O3. The van der Waals surface area contributed by atoms with Crippen molar-refractivity contribution in [1.29, 1.82) is 0 Å². The van der Waals surface area contributed by atoms with Crippen LogP contribution in [0.4, 0.5) is 8.78 Å². The molecule has 1 aromatic rings. The Morgan fingerprint density at radius 1 is 1.35 bits per heavy atom. The van der Waals surface area contributed by atoms with Gasteiger partial charge in [0.05, 0.1) is 13.2 Å². The summed E-state index contributed by atoms with van der Waals surface area (Å²) in [5.41, 5.74) is -0.0987. The third kappa shape index (κ3) is 3.37. The fraction of sp³-hybridized carbons (Fsp3) is 0.455. The summed E-state index contributed by atoms with van der Waals surface area (Å²) in [5.74, 6) is -2.00. The van der Waals surface area contributed by atoms with E-state index in [0.29, 0.717) is 11.4 Å². The molecule has 0 radical (unpaired) electrons. The zero-order valence-electron chi connectivity index (χ0n) is 9.16. The Morgan fingerprint density at radius 2 is 2.00 bits per heavy atom. The standard InChI is InChI=1S/C11H13BrF2O3/c1-17-11-7(4-6(13)5-8(11)14)10(16)9(15)2-3-12/h4-5,9-10,15-16H,2-3H2,1H3. The molecule has 17 heavy (non-hydrogen) atoms. The van der Waals surface area contributed by atoms with Crippen molar-refractivity contribution in [3.63, 3.8) is 0 Å². The Kier molecular flexibility index (Phi) is 5.30. The highest BCUT2D eigenvalue weighted by molar-refractivity contribution is 9.09. The molecular weight excluding hydrogens is 298 g/mol. The summed E-state index contributed by atoms with van der Waals surface area (Å²) in [4.78, 5) is 0. The second kappa shape index (κ2) is 6.28. The molecule has 0 bridgehead atoms.